The standard InChI is InChI=1S/C19H24F16/c1-3-5-7-8-9-11-13(22,23)15(26,27)17(30,31)19(34,35)18(32,33)16(28,29)14(24,25)12(20,21)10-6-4-2/h3-11H2,1-2H3. The van der Waals surface area contributed by atoms with E-state index < -0.39 is 79.5 Å². The van der Waals surface area contributed by atoms with Gasteiger partial charge in [0.05, 0.1) is 0 Å². The van der Waals surface area contributed by atoms with Gasteiger partial charge in [0.1, 0.15) is 0 Å². The van der Waals surface area contributed by atoms with Crippen LogP contribution in [0.5, 0.6) is 0 Å². The Hall–Kier alpha value is -1.12. The zero-order valence-electron chi connectivity index (χ0n) is 18.4. The van der Waals surface area contributed by atoms with E-state index in [2.05, 4.69) is 0 Å². The van der Waals surface area contributed by atoms with Crippen molar-refractivity contribution in [3.8, 4) is 0 Å². The highest BCUT2D eigenvalue weighted by atomic mass is 19.4. The fraction of sp³-hybridized carbons (Fsp3) is 1.00. The van der Waals surface area contributed by atoms with Gasteiger partial charge in [-0.2, -0.15) is 70.2 Å². The van der Waals surface area contributed by atoms with Gasteiger partial charge in [0, 0.05) is 12.8 Å². The number of hydrogen-bond acceptors (Lipinski definition) is 0. The van der Waals surface area contributed by atoms with Gasteiger partial charge in [-0.15, -0.1) is 0 Å². The first-order valence-electron chi connectivity index (χ1n) is 10.4. The lowest BCUT2D eigenvalue weighted by Gasteiger charge is -2.43. The maximum Gasteiger partial charge on any atom is 0.384 e. The molecular weight excluding hydrogens is 532 g/mol. The van der Waals surface area contributed by atoms with Gasteiger partial charge in [0.15, 0.2) is 0 Å². The lowest BCUT2D eigenvalue weighted by molar-refractivity contribution is -0.453. The van der Waals surface area contributed by atoms with Crippen molar-refractivity contribution in [1.29, 1.82) is 0 Å². The van der Waals surface area contributed by atoms with Gasteiger partial charge in [0.2, 0.25) is 0 Å². The summed E-state index contributed by atoms with van der Waals surface area (Å²) >= 11 is 0. The zero-order valence-corrected chi connectivity index (χ0v) is 18.4. The highest BCUT2D eigenvalue weighted by molar-refractivity contribution is 5.15. The van der Waals surface area contributed by atoms with Crippen LogP contribution >= 0.6 is 0 Å². The molecule has 0 saturated heterocycles. The normalized spacial score (nSPS) is 15.6. The molecular formula is C19H24F16. The Kier molecular flexibility index (Phi) is 10.4. The third-order valence-electron chi connectivity index (χ3n) is 5.33. The van der Waals surface area contributed by atoms with Crippen LogP contribution in [0.4, 0.5) is 70.2 Å². The lowest BCUT2D eigenvalue weighted by Crippen LogP contribution is -2.74. The van der Waals surface area contributed by atoms with Gasteiger partial charge < -0.3 is 0 Å². The summed E-state index contributed by atoms with van der Waals surface area (Å²) in [6, 6.07) is 0. The van der Waals surface area contributed by atoms with Crippen molar-refractivity contribution in [2.24, 2.45) is 0 Å². The summed E-state index contributed by atoms with van der Waals surface area (Å²) < 4.78 is 219. The zero-order chi connectivity index (χ0) is 28.4. The molecule has 0 aliphatic carbocycles. The summed E-state index contributed by atoms with van der Waals surface area (Å²) in [5.41, 5.74) is 0. The number of unbranched alkanes of at least 4 members (excludes halogenated alkanes) is 5. The van der Waals surface area contributed by atoms with Crippen molar-refractivity contribution >= 4 is 0 Å². The Morgan fingerprint density at radius 2 is 0.571 bits per heavy atom. The molecule has 0 atom stereocenters. The summed E-state index contributed by atoms with van der Waals surface area (Å²) in [5, 5.41) is 0. The largest absolute Gasteiger partial charge is 0.384 e. The topological polar surface area (TPSA) is 0 Å². The molecule has 0 aliphatic heterocycles. The molecule has 0 aromatic carbocycles. The molecule has 0 aliphatic rings. The van der Waals surface area contributed by atoms with E-state index >= 15 is 0 Å². The predicted molar refractivity (Wildman–Crippen MR) is 92.5 cm³/mol. The van der Waals surface area contributed by atoms with Crippen molar-refractivity contribution < 1.29 is 70.2 Å². The minimum atomic E-state index is -8.33. The van der Waals surface area contributed by atoms with Crippen LogP contribution in [-0.4, -0.2) is 47.4 Å². The Morgan fingerprint density at radius 3 is 0.886 bits per heavy atom. The van der Waals surface area contributed by atoms with E-state index in [0.29, 0.717) is 12.8 Å². The highest BCUT2D eigenvalue weighted by Crippen LogP contribution is 2.64. The molecule has 0 rings (SSSR count). The SMILES string of the molecule is CCCCCCCC(F)(F)C(F)(F)C(F)(F)C(F)(F)C(F)(F)C(F)(F)C(F)(F)C(F)(F)CCCC. The van der Waals surface area contributed by atoms with Crippen LogP contribution in [0.3, 0.4) is 0 Å². The Labute approximate surface area is 190 Å². The van der Waals surface area contributed by atoms with Crippen LogP contribution in [-0.2, 0) is 0 Å². The molecule has 0 unspecified atom stereocenters. The molecule has 0 nitrogen and oxygen atoms in total. The maximum atomic E-state index is 13.8. The Morgan fingerprint density at radius 1 is 0.314 bits per heavy atom. The van der Waals surface area contributed by atoms with Crippen molar-refractivity contribution in [2.45, 2.75) is 119 Å². The molecule has 0 spiro atoms. The smallest absolute Gasteiger partial charge is 0.200 e. The molecule has 0 saturated carbocycles. The molecule has 35 heavy (non-hydrogen) atoms. The molecule has 212 valence electrons. The van der Waals surface area contributed by atoms with E-state index in [1.807, 2.05) is 0 Å². The molecule has 0 radical (unpaired) electrons. The van der Waals surface area contributed by atoms with Crippen LogP contribution in [0.25, 0.3) is 0 Å². The quantitative estimate of drug-likeness (QED) is 0.131. The van der Waals surface area contributed by atoms with Crippen molar-refractivity contribution in [2.75, 3.05) is 0 Å². The summed E-state index contributed by atoms with van der Waals surface area (Å²) in [5.74, 6) is -60.1. The van der Waals surface area contributed by atoms with Crippen LogP contribution in [0, 0.1) is 0 Å². The summed E-state index contributed by atoms with van der Waals surface area (Å²) in [6.07, 6.45) is -6.36. The van der Waals surface area contributed by atoms with E-state index in [9.17, 15) is 70.2 Å². The molecule has 0 aromatic rings. The first kappa shape index (κ1) is 33.9. The number of hydrogen-bond donors (Lipinski definition) is 0. The van der Waals surface area contributed by atoms with E-state index in [4.69, 9.17) is 0 Å². The molecule has 0 amide bonds. The monoisotopic (exact) mass is 556 g/mol. The van der Waals surface area contributed by atoms with E-state index in [-0.39, 0.29) is 12.8 Å². The average Bonchev–Trinajstić information content (AvgIpc) is 2.70. The fourth-order valence-electron chi connectivity index (χ4n) is 2.91. The summed E-state index contributed by atoms with van der Waals surface area (Å²) in [6.45, 7) is 2.67. The number of halogens is 16. The van der Waals surface area contributed by atoms with Gasteiger partial charge in [-0.1, -0.05) is 46.0 Å². The minimum absolute atomic E-state index is 0.107. The Balaban J connectivity index is 6.33. The van der Waals surface area contributed by atoms with Crippen LogP contribution in [0.15, 0.2) is 0 Å². The van der Waals surface area contributed by atoms with Gasteiger partial charge in [0.25, 0.3) is 0 Å². The molecule has 0 N–H and O–H groups in total. The molecule has 0 heterocycles. The van der Waals surface area contributed by atoms with Gasteiger partial charge in [-0.25, -0.2) is 0 Å². The second-order valence-corrected chi connectivity index (χ2v) is 8.12. The van der Waals surface area contributed by atoms with Crippen LogP contribution in [0.2, 0.25) is 0 Å². The van der Waals surface area contributed by atoms with Gasteiger partial charge >= 0.3 is 47.4 Å². The fourth-order valence-corrected chi connectivity index (χ4v) is 2.91. The Bertz CT molecular complexity index is 668. The molecule has 0 fully saturated rings. The van der Waals surface area contributed by atoms with Gasteiger partial charge in [-0.05, 0) is 12.8 Å². The number of alkyl halides is 16. The second kappa shape index (κ2) is 10.7. The highest BCUT2D eigenvalue weighted by Gasteiger charge is 2.94. The lowest BCUT2D eigenvalue weighted by atomic mass is 9.86. The van der Waals surface area contributed by atoms with Crippen LogP contribution in [0.1, 0.15) is 71.6 Å². The van der Waals surface area contributed by atoms with Crippen LogP contribution < -0.4 is 0 Å². The summed E-state index contributed by atoms with van der Waals surface area (Å²) in [4.78, 5) is 0. The molecule has 16 heteroatoms. The van der Waals surface area contributed by atoms with E-state index in [1.165, 1.54) is 0 Å². The van der Waals surface area contributed by atoms with Crippen molar-refractivity contribution in [3.63, 3.8) is 0 Å². The van der Waals surface area contributed by atoms with E-state index in [1.54, 1.807) is 6.92 Å². The summed E-state index contributed by atoms with van der Waals surface area (Å²) in [7, 11) is 0. The predicted octanol–water partition coefficient (Wildman–Crippen LogP) is 9.62. The van der Waals surface area contributed by atoms with Gasteiger partial charge in [-0.3, -0.25) is 0 Å². The van der Waals surface area contributed by atoms with Crippen molar-refractivity contribution in [3.05, 3.63) is 0 Å². The maximum absolute atomic E-state index is 13.8. The third kappa shape index (κ3) is 5.59. The first-order valence-corrected chi connectivity index (χ1v) is 10.4. The molecule has 0 aromatic heterocycles. The molecule has 0 bridgehead atoms. The minimum Gasteiger partial charge on any atom is -0.200 e. The second-order valence-electron chi connectivity index (χ2n) is 8.12. The third-order valence-corrected chi connectivity index (χ3v) is 5.33. The van der Waals surface area contributed by atoms with E-state index in [0.717, 1.165) is 6.92 Å². The van der Waals surface area contributed by atoms with Crippen molar-refractivity contribution in [1.82, 2.24) is 0 Å². The average molecular weight is 556 g/mol. The first-order chi connectivity index (χ1) is 15.4. The number of rotatable bonds is 16.